The van der Waals surface area contributed by atoms with Crippen molar-refractivity contribution >= 4 is 10.1 Å². The fourth-order valence-corrected chi connectivity index (χ4v) is 4.01. The van der Waals surface area contributed by atoms with E-state index in [9.17, 15) is 18.1 Å². The third-order valence-corrected chi connectivity index (χ3v) is 6.03. The van der Waals surface area contributed by atoms with Crippen LogP contribution in [0.1, 0.15) is 110 Å². The molecule has 0 aromatic rings. The van der Waals surface area contributed by atoms with Gasteiger partial charge in [0.2, 0.25) is 0 Å². The van der Waals surface area contributed by atoms with Crippen molar-refractivity contribution in [3.8, 4) is 0 Å². The molecule has 0 saturated heterocycles. The number of unbranched alkanes of at least 4 members (excludes halogenated alkanes) is 8. The molecule has 0 aliphatic heterocycles. The Morgan fingerprint density at radius 3 is 1.60 bits per heavy atom. The van der Waals surface area contributed by atoms with Crippen molar-refractivity contribution in [2.24, 2.45) is 0 Å². The van der Waals surface area contributed by atoms with Crippen molar-refractivity contribution in [3.05, 3.63) is 0 Å². The van der Waals surface area contributed by atoms with Gasteiger partial charge >= 0.3 is 51.4 Å². The normalized spacial score (nSPS) is 14.1. The summed E-state index contributed by atoms with van der Waals surface area (Å²) in [6, 6.07) is 0. The standard InChI is InChI=1S/C19H40O4S.K/c1-3-5-7-12-16-19(24(21,22)23)17-13-10-8-9-11-15-18(20)14-6-4-2;/h18-20H,3-17H2,1-2H3,(H,21,22,23);/q;+1/p-1. The summed E-state index contributed by atoms with van der Waals surface area (Å²) in [4.78, 5) is 0. The largest absolute Gasteiger partial charge is 1.00 e. The number of rotatable bonds is 17. The number of hydrogen-bond acceptors (Lipinski definition) is 4. The molecule has 0 rings (SSSR count). The van der Waals surface area contributed by atoms with Crippen LogP contribution in [0.2, 0.25) is 0 Å². The fourth-order valence-electron chi connectivity index (χ4n) is 3.10. The number of aliphatic hydroxyl groups excluding tert-OH is 1. The van der Waals surface area contributed by atoms with Gasteiger partial charge in [0, 0.05) is 5.25 Å². The third-order valence-electron chi connectivity index (χ3n) is 4.74. The van der Waals surface area contributed by atoms with Gasteiger partial charge in [-0.1, -0.05) is 84.5 Å². The Morgan fingerprint density at radius 1 is 0.720 bits per heavy atom. The molecule has 0 spiro atoms. The van der Waals surface area contributed by atoms with Gasteiger partial charge in [0.25, 0.3) is 0 Å². The summed E-state index contributed by atoms with van der Waals surface area (Å²) in [5.74, 6) is 0. The van der Waals surface area contributed by atoms with Gasteiger partial charge in [0.15, 0.2) is 0 Å². The number of hydrogen-bond donors (Lipinski definition) is 1. The number of aliphatic hydroxyl groups is 1. The van der Waals surface area contributed by atoms with E-state index in [0.717, 1.165) is 83.5 Å². The average Bonchev–Trinajstić information content (AvgIpc) is 2.52. The van der Waals surface area contributed by atoms with Crippen LogP contribution in [0.15, 0.2) is 0 Å². The molecule has 0 aromatic heterocycles. The first-order chi connectivity index (χ1) is 11.4. The van der Waals surface area contributed by atoms with E-state index >= 15 is 0 Å². The van der Waals surface area contributed by atoms with Crippen molar-refractivity contribution in [1.82, 2.24) is 0 Å². The molecule has 146 valence electrons. The van der Waals surface area contributed by atoms with Crippen molar-refractivity contribution in [2.75, 3.05) is 0 Å². The zero-order valence-electron chi connectivity index (χ0n) is 16.8. The van der Waals surface area contributed by atoms with Crippen LogP contribution < -0.4 is 51.4 Å². The van der Waals surface area contributed by atoms with E-state index in [0.29, 0.717) is 12.8 Å². The minimum absolute atomic E-state index is 0. The molecule has 6 heteroatoms. The molecule has 0 aromatic carbocycles. The molecule has 0 saturated carbocycles. The molecule has 4 nitrogen and oxygen atoms in total. The first-order valence-electron chi connectivity index (χ1n) is 10.0. The monoisotopic (exact) mass is 402 g/mol. The maximum absolute atomic E-state index is 11.3. The summed E-state index contributed by atoms with van der Waals surface area (Å²) in [6.07, 6.45) is 13.9. The molecule has 25 heavy (non-hydrogen) atoms. The molecule has 0 aliphatic carbocycles. The summed E-state index contributed by atoms with van der Waals surface area (Å²) in [7, 11) is -4.15. The van der Waals surface area contributed by atoms with Crippen molar-refractivity contribution in [3.63, 3.8) is 0 Å². The van der Waals surface area contributed by atoms with Crippen LogP contribution >= 0.6 is 0 Å². The quantitative estimate of drug-likeness (QED) is 0.230. The Kier molecular flexibility index (Phi) is 21.7. The zero-order valence-corrected chi connectivity index (χ0v) is 20.8. The topological polar surface area (TPSA) is 77.4 Å². The van der Waals surface area contributed by atoms with Crippen molar-refractivity contribution < 1.29 is 69.5 Å². The van der Waals surface area contributed by atoms with Crippen LogP contribution in [0, 0.1) is 0 Å². The van der Waals surface area contributed by atoms with Crippen molar-refractivity contribution in [1.29, 1.82) is 0 Å². The van der Waals surface area contributed by atoms with E-state index in [2.05, 4.69) is 13.8 Å². The van der Waals surface area contributed by atoms with E-state index in [4.69, 9.17) is 0 Å². The van der Waals surface area contributed by atoms with Crippen LogP contribution in [0.4, 0.5) is 0 Å². The van der Waals surface area contributed by atoms with E-state index in [1.165, 1.54) is 0 Å². The van der Waals surface area contributed by atoms with Gasteiger partial charge in [-0.05, 0) is 25.7 Å². The van der Waals surface area contributed by atoms with Gasteiger partial charge in [0.1, 0.15) is 0 Å². The van der Waals surface area contributed by atoms with E-state index in [1.807, 2.05) is 0 Å². The summed E-state index contributed by atoms with van der Waals surface area (Å²) >= 11 is 0. The van der Waals surface area contributed by atoms with E-state index in [-0.39, 0.29) is 57.5 Å². The molecule has 2 unspecified atom stereocenters. The van der Waals surface area contributed by atoms with Crippen molar-refractivity contribution in [2.45, 2.75) is 122 Å². The summed E-state index contributed by atoms with van der Waals surface area (Å²) in [6.45, 7) is 4.25. The maximum atomic E-state index is 11.3. The molecule has 0 bridgehead atoms. The minimum Gasteiger partial charge on any atom is -0.748 e. The van der Waals surface area contributed by atoms with Crippen LogP contribution in [-0.2, 0) is 10.1 Å². The minimum atomic E-state index is -4.15. The molecule has 2 atom stereocenters. The second kappa shape index (κ2) is 18.9. The Morgan fingerprint density at radius 2 is 1.12 bits per heavy atom. The maximum Gasteiger partial charge on any atom is 1.00 e. The van der Waals surface area contributed by atoms with Gasteiger partial charge in [-0.2, -0.15) is 0 Å². The molecule has 1 N–H and O–H groups in total. The van der Waals surface area contributed by atoms with Gasteiger partial charge in [-0.3, -0.25) is 0 Å². The Balaban J connectivity index is 0. The summed E-state index contributed by atoms with van der Waals surface area (Å²) < 4.78 is 34.0. The molecule has 0 fully saturated rings. The average molecular weight is 403 g/mol. The predicted molar refractivity (Wildman–Crippen MR) is 100 cm³/mol. The van der Waals surface area contributed by atoms with E-state index < -0.39 is 15.4 Å². The molecule has 0 radical (unpaired) electrons. The fraction of sp³-hybridized carbons (Fsp3) is 1.00. The first-order valence-corrected chi connectivity index (χ1v) is 11.5. The van der Waals surface area contributed by atoms with Gasteiger partial charge < -0.3 is 9.66 Å². The third kappa shape index (κ3) is 18.6. The predicted octanol–water partition coefficient (Wildman–Crippen LogP) is 2.16. The smallest absolute Gasteiger partial charge is 0.748 e. The Labute approximate surface area is 199 Å². The molecule has 0 amide bonds. The van der Waals surface area contributed by atoms with Crippen LogP contribution in [0.25, 0.3) is 0 Å². The second-order valence-electron chi connectivity index (χ2n) is 7.11. The van der Waals surface area contributed by atoms with Gasteiger partial charge in [0.05, 0.1) is 16.2 Å². The van der Waals surface area contributed by atoms with E-state index in [1.54, 1.807) is 0 Å². The molecular formula is C19H39KO4S. The van der Waals surface area contributed by atoms with Gasteiger partial charge in [-0.15, -0.1) is 0 Å². The molecule has 0 heterocycles. The Bertz CT molecular complexity index is 374. The van der Waals surface area contributed by atoms with Crippen LogP contribution in [0.5, 0.6) is 0 Å². The molecular weight excluding hydrogens is 363 g/mol. The van der Waals surface area contributed by atoms with Crippen LogP contribution in [0.3, 0.4) is 0 Å². The van der Waals surface area contributed by atoms with Gasteiger partial charge in [-0.25, -0.2) is 8.42 Å². The Hall–Kier alpha value is 1.51. The molecule has 0 aliphatic rings. The zero-order chi connectivity index (χ0) is 18.3. The SMILES string of the molecule is CCCCCCC(CCCCCCCC(O)CCCC)S(=O)(=O)[O-].[K+]. The summed E-state index contributed by atoms with van der Waals surface area (Å²) in [5, 5.41) is 9.07. The van der Waals surface area contributed by atoms with Crippen LogP contribution in [-0.4, -0.2) is 29.4 Å². The second-order valence-corrected chi connectivity index (χ2v) is 8.76. The summed E-state index contributed by atoms with van der Waals surface area (Å²) in [5.41, 5.74) is 0. The first kappa shape index (κ1) is 28.7.